The Bertz CT molecular complexity index is 596. The van der Waals surface area contributed by atoms with Gasteiger partial charge in [0.15, 0.2) is 0 Å². The van der Waals surface area contributed by atoms with Crippen LogP contribution in [0.5, 0.6) is 0 Å². The van der Waals surface area contributed by atoms with E-state index in [1.165, 1.54) is 4.68 Å². The van der Waals surface area contributed by atoms with Gasteiger partial charge in [0.1, 0.15) is 0 Å². The first-order valence-corrected chi connectivity index (χ1v) is 6.17. The summed E-state index contributed by atoms with van der Waals surface area (Å²) in [6, 6.07) is 7.53. The van der Waals surface area contributed by atoms with Gasteiger partial charge in [-0.05, 0) is 26.8 Å². The molecule has 0 spiro atoms. The molecule has 18 heavy (non-hydrogen) atoms. The summed E-state index contributed by atoms with van der Waals surface area (Å²) in [6.45, 7) is 7.62. The summed E-state index contributed by atoms with van der Waals surface area (Å²) in [5.74, 6) is 0. The van der Waals surface area contributed by atoms with Crippen molar-refractivity contribution in [3.8, 4) is 0 Å². The minimum Gasteiger partial charge on any atom is -0.310 e. The van der Waals surface area contributed by atoms with E-state index in [1.54, 1.807) is 6.20 Å². The minimum absolute atomic E-state index is 0.0243. The van der Waals surface area contributed by atoms with Crippen LogP contribution in [0.3, 0.4) is 0 Å². The molecule has 0 atom stereocenters. The Morgan fingerprint density at radius 3 is 2.72 bits per heavy atom. The molecule has 0 bridgehead atoms. The number of fused-ring (bicyclic) bond motifs is 1. The van der Waals surface area contributed by atoms with Crippen molar-refractivity contribution in [1.29, 1.82) is 0 Å². The fourth-order valence-corrected chi connectivity index (χ4v) is 1.82. The molecule has 0 aliphatic carbocycles. The zero-order valence-electron chi connectivity index (χ0n) is 11.1. The van der Waals surface area contributed by atoms with Gasteiger partial charge in [-0.25, -0.2) is 4.68 Å². The third-order valence-corrected chi connectivity index (χ3v) is 2.74. The van der Waals surface area contributed by atoms with E-state index in [-0.39, 0.29) is 11.1 Å². The number of benzene rings is 1. The highest BCUT2D eigenvalue weighted by Crippen LogP contribution is 2.06. The monoisotopic (exact) mass is 245 g/mol. The van der Waals surface area contributed by atoms with E-state index in [0.717, 1.165) is 17.3 Å². The van der Waals surface area contributed by atoms with Crippen molar-refractivity contribution in [3.63, 3.8) is 0 Å². The second kappa shape index (κ2) is 4.90. The molecule has 0 aliphatic rings. The van der Waals surface area contributed by atoms with Crippen molar-refractivity contribution in [1.82, 2.24) is 15.1 Å². The summed E-state index contributed by atoms with van der Waals surface area (Å²) in [7, 11) is 0. The van der Waals surface area contributed by atoms with Crippen LogP contribution in [0.15, 0.2) is 35.3 Å². The molecule has 1 N–H and O–H groups in total. The Labute approximate surface area is 107 Å². The Hall–Kier alpha value is -1.68. The predicted molar refractivity (Wildman–Crippen MR) is 73.8 cm³/mol. The molecule has 2 aromatic rings. The molecule has 4 heteroatoms. The fourth-order valence-electron chi connectivity index (χ4n) is 1.82. The Kier molecular flexibility index (Phi) is 3.48. The standard InChI is InChI=1S/C14H19N3O/c1-14(2,3)15-8-9-17-13(18)12-7-5-4-6-11(12)10-16-17/h4-7,10,15H,8-9H2,1-3H3. The van der Waals surface area contributed by atoms with E-state index in [9.17, 15) is 4.79 Å². The van der Waals surface area contributed by atoms with Gasteiger partial charge in [0.2, 0.25) is 0 Å². The van der Waals surface area contributed by atoms with Gasteiger partial charge >= 0.3 is 0 Å². The summed E-state index contributed by atoms with van der Waals surface area (Å²) < 4.78 is 1.51. The van der Waals surface area contributed by atoms with Crippen LogP contribution in [0, 0.1) is 0 Å². The van der Waals surface area contributed by atoms with Gasteiger partial charge in [-0.15, -0.1) is 0 Å². The molecule has 96 valence electrons. The van der Waals surface area contributed by atoms with Crippen LogP contribution >= 0.6 is 0 Å². The number of hydrogen-bond acceptors (Lipinski definition) is 3. The molecular weight excluding hydrogens is 226 g/mol. The van der Waals surface area contributed by atoms with Gasteiger partial charge in [-0.1, -0.05) is 18.2 Å². The summed E-state index contributed by atoms with van der Waals surface area (Å²) in [5.41, 5.74) is 0.0318. The van der Waals surface area contributed by atoms with Crippen LogP contribution < -0.4 is 10.9 Å². The lowest BCUT2D eigenvalue weighted by Gasteiger charge is -2.20. The van der Waals surface area contributed by atoms with Gasteiger partial charge < -0.3 is 5.32 Å². The third kappa shape index (κ3) is 2.96. The highest BCUT2D eigenvalue weighted by atomic mass is 16.1. The average Bonchev–Trinajstić information content (AvgIpc) is 2.31. The van der Waals surface area contributed by atoms with E-state index >= 15 is 0 Å². The minimum atomic E-state index is -0.0243. The summed E-state index contributed by atoms with van der Waals surface area (Å²) >= 11 is 0. The molecule has 0 saturated heterocycles. The first kappa shape index (κ1) is 12.8. The first-order chi connectivity index (χ1) is 8.47. The first-order valence-electron chi connectivity index (χ1n) is 6.17. The quantitative estimate of drug-likeness (QED) is 0.896. The van der Waals surface area contributed by atoms with Crippen molar-refractivity contribution in [2.45, 2.75) is 32.9 Å². The molecule has 0 saturated carbocycles. The molecule has 4 nitrogen and oxygen atoms in total. The molecule has 0 aliphatic heterocycles. The van der Waals surface area contributed by atoms with Crippen molar-refractivity contribution < 1.29 is 0 Å². The number of nitrogens with one attached hydrogen (secondary N) is 1. The average molecular weight is 245 g/mol. The van der Waals surface area contributed by atoms with Crippen molar-refractivity contribution >= 4 is 10.8 Å². The van der Waals surface area contributed by atoms with E-state index in [0.29, 0.717) is 6.54 Å². The van der Waals surface area contributed by atoms with E-state index in [1.807, 2.05) is 24.3 Å². The zero-order chi connectivity index (χ0) is 13.2. The largest absolute Gasteiger partial charge is 0.310 e. The van der Waals surface area contributed by atoms with Gasteiger partial charge in [0.05, 0.1) is 18.1 Å². The lowest BCUT2D eigenvalue weighted by atomic mass is 10.1. The van der Waals surface area contributed by atoms with Gasteiger partial charge in [0.25, 0.3) is 5.56 Å². The summed E-state index contributed by atoms with van der Waals surface area (Å²) in [4.78, 5) is 12.2. The second-order valence-electron chi connectivity index (χ2n) is 5.44. The van der Waals surface area contributed by atoms with Crippen molar-refractivity contribution in [2.24, 2.45) is 0 Å². The molecule has 0 amide bonds. The molecule has 0 radical (unpaired) electrons. The maximum Gasteiger partial charge on any atom is 0.274 e. The predicted octanol–water partition coefficient (Wildman–Crippen LogP) is 1.78. The lowest BCUT2D eigenvalue weighted by Crippen LogP contribution is -2.39. The SMILES string of the molecule is CC(C)(C)NCCn1ncc2ccccc2c1=O. The van der Waals surface area contributed by atoms with E-state index < -0.39 is 0 Å². The molecule has 2 rings (SSSR count). The highest BCUT2D eigenvalue weighted by molar-refractivity contribution is 5.80. The fraction of sp³-hybridized carbons (Fsp3) is 0.429. The molecule has 1 heterocycles. The smallest absolute Gasteiger partial charge is 0.274 e. The van der Waals surface area contributed by atoms with Crippen LogP contribution in [0.25, 0.3) is 10.8 Å². The van der Waals surface area contributed by atoms with Crippen LogP contribution in [-0.4, -0.2) is 21.9 Å². The molecule has 0 unspecified atom stereocenters. The number of nitrogens with zero attached hydrogens (tertiary/aromatic N) is 2. The maximum absolute atomic E-state index is 12.2. The summed E-state index contributed by atoms with van der Waals surface area (Å²) in [5, 5.41) is 9.15. The normalized spacial score (nSPS) is 11.9. The van der Waals surface area contributed by atoms with E-state index in [2.05, 4.69) is 31.2 Å². The van der Waals surface area contributed by atoms with Crippen LogP contribution in [0.2, 0.25) is 0 Å². The second-order valence-corrected chi connectivity index (χ2v) is 5.44. The number of hydrogen-bond donors (Lipinski definition) is 1. The third-order valence-electron chi connectivity index (χ3n) is 2.74. The van der Waals surface area contributed by atoms with E-state index in [4.69, 9.17) is 0 Å². The number of aromatic nitrogens is 2. The van der Waals surface area contributed by atoms with Crippen LogP contribution in [-0.2, 0) is 6.54 Å². The van der Waals surface area contributed by atoms with Gasteiger partial charge in [-0.3, -0.25) is 4.79 Å². The topological polar surface area (TPSA) is 46.9 Å². The summed E-state index contributed by atoms with van der Waals surface area (Å²) in [6.07, 6.45) is 1.74. The lowest BCUT2D eigenvalue weighted by molar-refractivity contribution is 0.401. The molecule has 1 aromatic heterocycles. The van der Waals surface area contributed by atoms with Crippen LogP contribution in [0.1, 0.15) is 20.8 Å². The molecule has 1 aromatic carbocycles. The Morgan fingerprint density at radius 1 is 1.28 bits per heavy atom. The Morgan fingerprint density at radius 2 is 2.00 bits per heavy atom. The number of rotatable bonds is 3. The zero-order valence-corrected chi connectivity index (χ0v) is 11.1. The van der Waals surface area contributed by atoms with Crippen molar-refractivity contribution in [3.05, 3.63) is 40.8 Å². The Balaban J connectivity index is 2.20. The molecular formula is C14H19N3O. The highest BCUT2D eigenvalue weighted by Gasteiger charge is 2.08. The van der Waals surface area contributed by atoms with Gasteiger partial charge in [0, 0.05) is 17.5 Å². The molecule has 0 fully saturated rings. The van der Waals surface area contributed by atoms with Crippen molar-refractivity contribution in [2.75, 3.05) is 6.54 Å². The van der Waals surface area contributed by atoms with Crippen LogP contribution in [0.4, 0.5) is 0 Å². The van der Waals surface area contributed by atoms with Gasteiger partial charge in [-0.2, -0.15) is 5.10 Å². The maximum atomic E-state index is 12.2.